The third kappa shape index (κ3) is 4.14. The van der Waals surface area contributed by atoms with Gasteiger partial charge in [0.2, 0.25) is 0 Å². The van der Waals surface area contributed by atoms with Crippen LogP contribution in [0.2, 0.25) is 0 Å². The van der Waals surface area contributed by atoms with Crippen LogP contribution in [0, 0.1) is 0 Å². The molecule has 0 aromatic rings. The molecule has 0 aliphatic heterocycles. The Labute approximate surface area is 66.0 Å². The van der Waals surface area contributed by atoms with Crippen molar-refractivity contribution < 1.29 is 13.0 Å². The van der Waals surface area contributed by atoms with Gasteiger partial charge in [-0.25, -0.2) is 0 Å². The lowest BCUT2D eigenvalue weighted by atomic mass is 10.4. The van der Waals surface area contributed by atoms with Crippen molar-refractivity contribution in [3.05, 3.63) is 0 Å². The first-order chi connectivity index (χ1) is 4.48. The van der Waals surface area contributed by atoms with Crippen LogP contribution in [0.1, 0.15) is 13.3 Å². The Hall–Kier alpha value is 0.260. The molecule has 0 bridgehead atoms. The molecule has 1 N–H and O–H groups in total. The SMILES string of the molecule is CSCCC(C)S(=O)(=O)O. The molecule has 0 saturated heterocycles. The van der Waals surface area contributed by atoms with Crippen molar-refractivity contribution in [1.29, 1.82) is 0 Å². The highest BCUT2D eigenvalue weighted by Crippen LogP contribution is 2.06. The molecule has 5 heteroatoms. The second kappa shape index (κ2) is 4.20. The fourth-order valence-corrected chi connectivity index (χ4v) is 1.59. The molecule has 0 aliphatic rings. The maximum atomic E-state index is 10.4. The summed E-state index contributed by atoms with van der Waals surface area (Å²) in [7, 11) is -3.79. The highest BCUT2D eigenvalue weighted by atomic mass is 32.2. The molecular formula is C5H12O3S2. The molecule has 62 valence electrons. The molecule has 0 heterocycles. The fourth-order valence-electron chi connectivity index (χ4n) is 0.433. The monoisotopic (exact) mass is 184 g/mol. The third-order valence-corrected chi connectivity index (χ3v) is 3.13. The lowest BCUT2D eigenvalue weighted by Crippen LogP contribution is -2.16. The zero-order valence-corrected chi connectivity index (χ0v) is 7.70. The third-order valence-electron chi connectivity index (χ3n) is 1.24. The van der Waals surface area contributed by atoms with E-state index >= 15 is 0 Å². The molecule has 0 aliphatic carbocycles. The van der Waals surface area contributed by atoms with Gasteiger partial charge in [-0.1, -0.05) is 0 Å². The number of hydrogen-bond donors (Lipinski definition) is 1. The van der Waals surface area contributed by atoms with Gasteiger partial charge >= 0.3 is 0 Å². The molecule has 0 saturated carbocycles. The largest absolute Gasteiger partial charge is 0.285 e. The molecule has 1 unspecified atom stereocenters. The van der Waals surface area contributed by atoms with Gasteiger partial charge in [0.05, 0.1) is 5.25 Å². The molecule has 0 aromatic heterocycles. The first-order valence-electron chi connectivity index (χ1n) is 2.93. The Morgan fingerprint density at radius 1 is 1.60 bits per heavy atom. The van der Waals surface area contributed by atoms with Gasteiger partial charge in [0.25, 0.3) is 10.1 Å². The van der Waals surface area contributed by atoms with E-state index in [2.05, 4.69) is 0 Å². The normalized spacial score (nSPS) is 15.1. The van der Waals surface area contributed by atoms with Crippen LogP contribution in [0.4, 0.5) is 0 Å². The van der Waals surface area contributed by atoms with Crippen molar-refractivity contribution in [2.45, 2.75) is 18.6 Å². The van der Waals surface area contributed by atoms with Crippen molar-refractivity contribution in [2.75, 3.05) is 12.0 Å². The Kier molecular flexibility index (Phi) is 4.31. The smallest absolute Gasteiger partial charge is 0.267 e. The van der Waals surface area contributed by atoms with Crippen LogP contribution in [0.3, 0.4) is 0 Å². The van der Waals surface area contributed by atoms with E-state index in [9.17, 15) is 8.42 Å². The summed E-state index contributed by atoms with van der Waals surface area (Å²) >= 11 is 1.57. The van der Waals surface area contributed by atoms with Crippen molar-refractivity contribution >= 4 is 21.9 Å². The minimum Gasteiger partial charge on any atom is -0.285 e. The number of rotatable bonds is 4. The van der Waals surface area contributed by atoms with E-state index < -0.39 is 15.4 Å². The number of hydrogen-bond acceptors (Lipinski definition) is 3. The predicted molar refractivity (Wildman–Crippen MR) is 44.0 cm³/mol. The average molecular weight is 184 g/mol. The van der Waals surface area contributed by atoms with Crippen molar-refractivity contribution in [3.8, 4) is 0 Å². The highest BCUT2D eigenvalue weighted by molar-refractivity contribution is 7.98. The summed E-state index contributed by atoms with van der Waals surface area (Å²) in [5.41, 5.74) is 0. The molecule has 0 spiro atoms. The Morgan fingerprint density at radius 3 is 2.40 bits per heavy atom. The molecule has 0 rings (SSSR count). The van der Waals surface area contributed by atoms with Crippen LogP contribution >= 0.6 is 11.8 Å². The minimum absolute atomic E-state index is 0.514. The van der Waals surface area contributed by atoms with Crippen molar-refractivity contribution in [3.63, 3.8) is 0 Å². The van der Waals surface area contributed by atoms with Crippen LogP contribution in [0.5, 0.6) is 0 Å². The standard InChI is InChI=1S/C5H12O3S2/c1-5(3-4-9-2)10(6,7)8/h5H,3-4H2,1-2H3,(H,6,7,8). The van der Waals surface area contributed by atoms with Gasteiger partial charge in [-0.2, -0.15) is 20.2 Å². The summed E-state index contributed by atoms with van der Waals surface area (Å²) in [4.78, 5) is 0. The molecule has 1 atom stereocenters. The maximum Gasteiger partial charge on any atom is 0.267 e. The molecular weight excluding hydrogens is 172 g/mol. The zero-order valence-electron chi connectivity index (χ0n) is 6.07. The molecule has 0 radical (unpaired) electrons. The molecule has 0 fully saturated rings. The van der Waals surface area contributed by atoms with Crippen LogP contribution in [-0.2, 0) is 10.1 Å². The van der Waals surface area contributed by atoms with E-state index in [1.165, 1.54) is 6.92 Å². The summed E-state index contributed by atoms with van der Waals surface area (Å²) in [5.74, 6) is 0.765. The molecule has 3 nitrogen and oxygen atoms in total. The summed E-state index contributed by atoms with van der Waals surface area (Å²) in [6.07, 6.45) is 2.41. The van der Waals surface area contributed by atoms with E-state index in [1.54, 1.807) is 11.8 Å². The second-order valence-electron chi connectivity index (χ2n) is 2.11. The highest BCUT2D eigenvalue weighted by Gasteiger charge is 2.15. The molecule has 10 heavy (non-hydrogen) atoms. The summed E-state index contributed by atoms with van der Waals surface area (Å²) < 4.78 is 29.2. The average Bonchev–Trinajstić information content (AvgIpc) is 1.80. The van der Waals surface area contributed by atoms with Crippen molar-refractivity contribution in [1.82, 2.24) is 0 Å². The first kappa shape index (κ1) is 10.3. The van der Waals surface area contributed by atoms with E-state index in [-0.39, 0.29) is 0 Å². The van der Waals surface area contributed by atoms with Crippen LogP contribution in [-0.4, -0.2) is 30.2 Å². The van der Waals surface area contributed by atoms with Gasteiger partial charge < -0.3 is 0 Å². The quantitative estimate of drug-likeness (QED) is 0.663. The second-order valence-corrected chi connectivity index (χ2v) is 4.93. The van der Waals surface area contributed by atoms with Crippen molar-refractivity contribution in [2.24, 2.45) is 0 Å². The van der Waals surface area contributed by atoms with E-state index in [4.69, 9.17) is 4.55 Å². The topological polar surface area (TPSA) is 54.4 Å². The van der Waals surface area contributed by atoms with Crippen LogP contribution in [0.25, 0.3) is 0 Å². The van der Waals surface area contributed by atoms with Gasteiger partial charge in [-0.05, 0) is 25.4 Å². The summed E-state index contributed by atoms with van der Waals surface area (Å²) in [5, 5.41) is -0.625. The van der Waals surface area contributed by atoms with E-state index in [0.717, 1.165) is 5.75 Å². The van der Waals surface area contributed by atoms with Gasteiger partial charge in [-0.3, -0.25) is 4.55 Å². The van der Waals surface area contributed by atoms with E-state index in [1.807, 2.05) is 6.26 Å². The summed E-state index contributed by atoms with van der Waals surface area (Å²) in [6.45, 7) is 1.51. The maximum absolute atomic E-state index is 10.4. The Balaban J connectivity index is 3.75. The van der Waals surface area contributed by atoms with E-state index in [0.29, 0.717) is 6.42 Å². The lowest BCUT2D eigenvalue weighted by molar-refractivity contribution is 0.469. The van der Waals surface area contributed by atoms with Crippen LogP contribution < -0.4 is 0 Å². The van der Waals surface area contributed by atoms with Gasteiger partial charge in [0.1, 0.15) is 0 Å². The first-order valence-corrected chi connectivity index (χ1v) is 5.83. The predicted octanol–water partition coefficient (Wildman–Crippen LogP) is 1.02. The lowest BCUT2D eigenvalue weighted by Gasteiger charge is -2.04. The zero-order chi connectivity index (χ0) is 8.20. The number of thioether (sulfide) groups is 1. The van der Waals surface area contributed by atoms with Gasteiger partial charge in [-0.15, -0.1) is 0 Å². The van der Waals surface area contributed by atoms with Gasteiger partial charge in [0.15, 0.2) is 0 Å². The minimum atomic E-state index is -3.79. The Bertz CT molecular complexity index is 173. The fraction of sp³-hybridized carbons (Fsp3) is 1.00. The van der Waals surface area contributed by atoms with Gasteiger partial charge in [0, 0.05) is 0 Å². The molecule has 0 amide bonds. The molecule has 0 aromatic carbocycles. The summed E-state index contributed by atoms with van der Waals surface area (Å²) in [6, 6.07) is 0. The van der Waals surface area contributed by atoms with Crippen LogP contribution in [0.15, 0.2) is 0 Å². The Morgan fingerprint density at radius 2 is 2.10 bits per heavy atom.